The van der Waals surface area contributed by atoms with Gasteiger partial charge in [0, 0.05) is 31.2 Å². The standard InChI is InChI=1S/C29H41N3O5/c1-18(16-19-4-11-23(36-2)12-5-19)32-25-13-10-20-14-15-31(29(35)37-3)17-24(20)26(25)30-27(32)21-6-8-22(9-7-21)28(33)34/h10,13,18-19,21-23H,4-9,11-12,14-17H2,1-3H3,(H,33,34)/t18-,19-,21-,22-,23+/m1/s1. The lowest BCUT2D eigenvalue weighted by molar-refractivity contribution is -0.142. The molecule has 2 saturated carbocycles. The zero-order valence-electron chi connectivity index (χ0n) is 22.4. The van der Waals surface area contributed by atoms with Gasteiger partial charge in [0.2, 0.25) is 0 Å². The van der Waals surface area contributed by atoms with Crippen LogP contribution in [0.2, 0.25) is 0 Å². The monoisotopic (exact) mass is 511 g/mol. The van der Waals surface area contributed by atoms with Crippen LogP contribution in [0.4, 0.5) is 4.79 Å². The third-order valence-corrected chi connectivity index (χ3v) is 9.21. The third kappa shape index (κ3) is 5.22. The average molecular weight is 512 g/mol. The van der Waals surface area contributed by atoms with E-state index in [1.165, 1.54) is 25.5 Å². The number of fused-ring (bicyclic) bond motifs is 3. The van der Waals surface area contributed by atoms with Crippen LogP contribution in [0.5, 0.6) is 0 Å². The zero-order valence-corrected chi connectivity index (χ0v) is 22.4. The molecule has 5 rings (SSSR count). The van der Waals surface area contributed by atoms with Gasteiger partial charge in [-0.2, -0.15) is 0 Å². The van der Waals surface area contributed by atoms with Gasteiger partial charge in [0.05, 0.1) is 36.7 Å². The van der Waals surface area contributed by atoms with Gasteiger partial charge in [-0.3, -0.25) is 4.79 Å². The van der Waals surface area contributed by atoms with E-state index in [0.29, 0.717) is 44.0 Å². The Balaban J connectivity index is 1.49. The van der Waals surface area contributed by atoms with E-state index in [2.05, 4.69) is 23.6 Å². The summed E-state index contributed by atoms with van der Waals surface area (Å²) in [4.78, 5) is 30.9. The predicted molar refractivity (Wildman–Crippen MR) is 141 cm³/mol. The molecule has 0 bridgehead atoms. The normalized spacial score (nSPS) is 27.1. The van der Waals surface area contributed by atoms with E-state index in [1.54, 1.807) is 4.90 Å². The number of hydrogen-bond acceptors (Lipinski definition) is 5. The molecule has 202 valence electrons. The van der Waals surface area contributed by atoms with E-state index in [9.17, 15) is 14.7 Å². The van der Waals surface area contributed by atoms with Crippen LogP contribution in [-0.4, -0.2) is 58.5 Å². The van der Waals surface area contributed by atoms with Crippen LogP contribution in [-0.2, 0) is 27.2 Å². The maximum absolute atomic E-state index is 12.3. The molecule has 0 spiro atoms. The Morgan fingerprint density at radius 1 is 1.08 bits per heavy atom. The lowest BCUT2D eigenvalue weighted by Crippen LogP contribution is -2.35. The van der Waals surface area contributed by atoms with E-state index in [1.807, 2.05) is 7.11 Å². The van der Waals surface area contributed by atoms with Crippen molar-refractivity contribution >= 4 is 23.1 Å². The number of ether oxygens (including phenoxy) is 2. The Morgan fingerprint density at radius 2 is 1.81 bits per heavy atom. The molecule has 1 aromatic heterocycles. The van der Waals surface area contributed by atoms with Crippen LogP contribution < -0.4 is 0 Å². The summed E-state index contributed by atoms with van der Waals surface area (Å²) in [5, 5.41) is 9.52. The summed E-state index contributed by atoms with van der Waals surface area (Å²) in [5.41, 5.74) is 4.51. The van der Waals surface area contributed by atoms with Crippen LogP contribution >= 0.6 is 0 Å². The molecule has 0 radical (unpaired) electrons. The second-order valence-electron chi connectivity index (χ2n) is 11.4. The number of hydrogen-bond donors (Lipinski definition) is 1. The Morgan fingerprint density at radius 3 is 2.46 bits per heavy atom. The number of imidazole rings is 1. The van der Waals surface area contributed by atoms with Crippen molar-refractivity contribution < 1.29 is 24.2 Å². The highest BCUT2D eigenvalue weighted by Gasteiger charge is 2.33. The molecular weight excluding hydrogens is 470 g/mol. The Kier molecular flexibility index (Phi) is 7.75. The highest BCUT2D eigenvalue weighted by Crippen LogP contribution is 2.41. The average Bonchev–Trinajstić information content (AvgIpc) is 3.33. The molecule has 37 heavy (non-hydrogen) atoms. The number of carboxylic acid groups (broad SMARTS) is 1. The summed E-state index contributed by atoms with van der Waals surface area (Å²) in [5.74, 6) is 1.10. The number of carbonyl (C=O) groups excluding carboxylic acids is 1. The SMILES string of the molecule is COC(=O)N1CCc2ccc3c(nc([C@H]4CC[C@H](C(=O)O)CC4)n3[C@H](C)C[C@H]3CC[C@@H](OC)CC3)c2C1. The van der Waals surface area contributed by atoms with Gasteiger partial charge < -0.3 is 24.0 Å². The summed E-state index contributed by atoms with van der Waals surface area (Å²) >= 11 is 0. The van der Waals surface area contributed by atoms with E-state index in [0.717, 1.165) is 60.9 Å². The van der Waals surface area contributed by atoms with Crippen LogP contribution in [0, 0.1) is 11.8 Å². The first-order chi connectivity index (χ1) is 17.9. The number of carbonyl (C=O) groups is 2. The minimum atomic E-state index is -0.677. The van der Waals surface area contributed by atoms with E-state index < -0.39 is 5.97 Å². The molecule has 3 aliphatic rings. The summed E-state index contributed by atoms with van der Waals surface area (Å²) < 4.78 is 13.1. The van der Waals surface area contributed by atoms with Crippen LogP contribution in [0.25, 0.3) is 11.0 Å². The van der Waals surface area contributed by atoms with Crippen molar-refractivity contribution in [2.75, 3.05) is 20.8 Å². The maximum atomic E-state index is 12.3. The summed E-state index contributed by atoms with van der Waals surface area (Å²) in [6, 6.07) is 4.73. The topological polar surface area (TPSA) is 93.9 Å². The Bertz CT molecular complexity index is 1130. The van der Waals surface area contributed by atoms with Crippen molar-refractivity contribution in [3.05, 3.63) is 29.1 Å². The van der Waals surface area contributed by atoms with Gasteiger partial charge in [0.25, 0.3) is 0 Å². The number of carboxylic acids is 1. The fraction of sp³-hybridized carbons (Fsp3) is 0.690. The molecule has 0 saturated heterocycles. The van der Waals surface area contributed by atoms with Crippen molar-refractivity contribution in [1.29, 1.82) is 0 Å². The molecule has 8 heteroatoms. The number of nitrogens with zero attached hydrogens (tertiary/aromatic N) is 3. The van der Waals surface area contributed by atoms with Gasteiger partial charge in [-0.1, -0.05) is 6.07 Å². The quantitative estimate of drug-likeness (QED) is 0.537. The zero-order chi connectivity index (χ0) is 26.1. The molecule has 8 nitrogen and oxygen atoms in total. The van der Waals surface area contributed by atoms with Crippen molar-refractivity contribution in [3.8, 4) is 0 Å². The van der Waals surface area contributed by atoms with Crippen LogP contribution in [0.3, 0.4) is 0 Å². The number of aromatic nitrogens is 2. The first kappa shape index (κ1) is 26.0. The summed E-state index contributed by atoms with van der Waals surface area (Å²) in [6.45, 7) is 3.48. The number of methoxy groups -OCH3 is 2. The Labute approximate surface area is 219 Å². The maximum Gasteiger partial charge on any atom is 0.409 e. The lowest BCUT2D eigenvalue weighted by atomic mass is 9.81. The van der Waals surface area contributed by atoms with Crippen LogP contribution in [0.15, 0.2) is 12.1 Å². The predicted octanol–water partition coefficient (Wildman–Crippen LogP) is 5.68. The Hall–Kier alpha value is -2.61. The van der Waals surface area contributed by atoms with E-state index in [4.69, 9.17) is 14.5 Å². The van der Waals surface area contributed by atoms with Gasteiger partial charge in [-0.25, -0.2) is 9.78 Å². The van der Waals surface area contributed by atoms with Gasteiger partial charge in [-0.15, -0.1) is 0 Å². The van der Waals surface area contributed by atoms with E-state index >= 15 is 0 Å². The first-order valence-electron chi connectivity index (χ1n) is 14.0. The number of amides is 1. The van der Waals surface area contributed by atoms with Crippen molar-refractivity contribution in [1.82, 2.24) is 14.5 Å². The summed E-state index contributed by atoms with van der Waals surface area (Å²) in [7, 11) is 3.25. The van der Waals surface area contributed by atoms with E-state index in [-0.39, 0.29) is 17.9 Å². The molecule has 1 N–H and O–H groups in total. The van der Waals surface area contributed by atoms with Gasteiger partial charge in [-0.05, 0) is 88.7 Å². The smallest absolute Gasteiger partial charge is 0.409 e. The molecule has 2 fully saturated rings. The fourth-order valence-corrected chi connectivity index (χ4v) is 7.04. The minimum Gasteiger partial charge on any atom is -0.481 e. The lowest BCUT2D eigenvalue weighted by Gasteiger charge is -2.32. The van der Waals surface area contributed by atoms with Crippen molar-refractivity contribution in [2.24, 2.45) is 11.8 Å². The molecule has 1 aromatic carbocycles. The summed E-state index contributed by atoms with van der Waals surface area (Å²) in [6.07, 6.45) is 9.73. The number of benzene rings is 1. The highest BCUT2D eigenvalue weighted by atomic mass is 16.5. The third-order valence-electron chi connectivity index (χ3n) is 9.21. The number of rotatable bonds is 6. The molecule has 1 atom stereocenters. The first-order valence-corrected chi connectivity index (χ1v) is 14.0. The molecular formula is C29H41N3O5. The molecule has 1 aliphatic heterocycles. The van der Waals surface area contributed by atoms with Crippen molar-refractivity contribution in [2.45, 2.75) is 95.7 Å². The number of aliphatic carboxylic acids is 1. The fourth-order valence-electron chi connectivity index (χ4n) is 7.04. The molecule has 0 unspecified atom stereocenters. The van der Waals surface area contributed by atoms with Crippen LogP contribution in [0.1, 0.15) is 93.6 Å². The molecule has 2 aromatic rings. The van der Waals surface area contributed by atoms with Crippen molar-refractivity contribution in [3.63, 3.8) is 0 Å². The molecule has 1 amide bonds. The molecule has 2 aliphatic carbocycles. The minimum absolute atomic E-state index is 0.246. The largest absolute Gasteiger partial charge is 0.481 e. The van der Waals surface area contributed by atoms with Gasteiger partial charge in [0.15, 0.2) is 0 Å². The second kappa shape index (κ2) is 11.0. The van der Waals surface area contributed by atoms with Gasteiger partial charge in [0.1, 0.15) is 5.82 Å². The molecule has 2 heterocycles. The van der Waals surface area contributed by atoms with Gasteiger partial charge >= 0.3 is 12.1 Å². The second-order valence-corrected chi connectivity index (χ2v) is 11.4. The highest BCUT2D eigenvalue weighted by molar-refractivity contribution is 5.82.